The molecule has 1 aromatic rings. The molecular formula is C17H30N4. The van der Waals surface area contributed by atoms with Gasteiger partial charge >= 0.3 is 0 Å². The predicted molar refractivity (Wildman–Crippen MR) is 89.7 cm³/mol. The molecule has 0 aromatic carbocycles. The minimum Gasteiger partial charge on any atom is -0.355 e. The largest absolute Gasteiger partial charge is 0.355 e. The fourth-order valence-electron chi connectivity index (χ4n) is 2.88. The van der Waals surface area contributed by atoms with Crippen molar-refractivity contribution < 1.29 is 0 Å². The van der Waals surface area contributed by atoms with Gasteiger partial charge in [0, 0.05) is 32.4 Å². The van der Waals surface area contributed by atoms with Crippen LogP contribution in [0.2, 0.25) is 0 Å². The van der Waals surface area contributed by atoms with Gasteiger partial charge in [-0.2, -0.15) is 0 Å². The second-order valence-corrected chi connectivity index (χ2v) is 6.72. The van der Waals surface area contributed by atoms with Gasteiger partial charge in [0.25, 0.3) is 0 Å². The third kappa shape index (κ3) is 4.97. The second kappa shape index (κ2) is 7.76. The minimum atomic E-state index is 0.584. The Labute approximate surface area is 129 Å². The Morgan fingerprint density at radius 1 is 1.43 bits per heavy atom. The molecule has 2 rings (SSSR count). The number of aromatic nitrogens is 1. The number of anilines is 1. The quantitative estimate of drug-likeness (QED) is 0.871. The summed E-state index contributed by atoms with van der Waals surface area (Å²) in [6.45, 7) is 8.76. The number of nitrogens with zero attached hydrogens (tertiary/aromatic N) is 3. The molecular weight excluding hydrogens is 260 g/mol. The minimum absolute atomic E-state index is 0.584. The van der Waals surface area contributed by atoms with Gasteiger partial charge in [0.05, 0.1) is 0 Å². The first-order chi connectivity index (χ1) is 10.1. The van der Waals surface area contributed by atoms with Gasteiger partial charge in [0.1, 0.15) is 5.82 Å². The predicted octanol–water partition coefficient (Wildman–Crippen LogP) is 2.36. The molecule has 21 heavy (non-hydrogen) atoms. The number of likely N-dealkylation sites (tertiary alicyclic amines) is 1. The van der Waals surface area contributed by atoms with Crippen LogP contribution in [0.15, 0.2) is 18.3 Å². The first-order valence-electron chi connectivity index (χ1n) is 8.13. The molecule has 1 atom stereocenters. The number of pyridine rings is 1. The molecule has 0 radical (unpaired) electrons. The average Bonchev–Trinajstić information content (AvgIpc) is 2.47. The van der Waals surface area contributed by atoms with E-state index in [9.17, 15) is 0 Å². The molecule has 1 aromatic heterocycles. The maximum absolute atomic E-state index is 4.64. The SMILES string of the molecule is CC(C)CNCc1ccc(N(C)C2CCCN(C)C2)nc1. The third-order valence-electron chi connectivity index (χ3n) is 4.20. The van der Waals surface area contributed by atoms with Gasteiger partial charge in [-0.05, 0) is 50.5 Å². The van der Waals surface area contributed by atoms with Gasteiger partial charge in [0.2, 0.25) is 0 Å². The van der Waals surface area contributed by atoms with E-state index in [-0.39, 0.29) is 0 Å². The Balaban J connectivity index is 1.88. The van der Waals surface area contributed by atoms with Gasteiger partial charge in [-0.15, -0.1) is 0 Å². The molecule has 0 amide bonds. The van der Waals surface area contributed by atoms with Crippen molar-refractivity contribution in [2.45, 2.75) is 39.3 Å². The standard InChI is InChI=1S/C17H30N4/c1-14(2)10-18-11-15-7-8-17(19-12-15)21(4)16-6-5-9-20(3)13-16/h7-8,12,14,16,18H,5-6,9-11,13H2,1-4H3. The van der Waals surface area contributed by atoms with Crippen molar-refractivity contribution >= 4 is 5.82 Å². The maximum Gasteiger partial charge on any atom is 0.128 e. The molecule has 1 aliphatic heterocycles. The van der Waals surface area contributed by atoms with E-state index in [1.807, 2.05) is 6.20 Å². The number of likely N-dealkylation sites (N-methyl/N-ethyl adjacent to an activating group) is 2. The van der Waals surface area contributed by atoms with Crippen LogP contribution in [0.25, 0.3) is 0 Å². The summed E-state index contributed by atoms with van der Waals surface area (Å²) in [4.78, 5) is 9.39. The molecule has 0 saturated carbocycles. The van der Waals surface area contributed by atoms with Crippen LogP contribution in [0.5, 0.6) is 0 Å². The van der Waals surface area contributed by atoms with Crippen LogP contribution in [0, 0.1) is 5.92 Å². The molecule has 0 spiro atoms. The first-order valence-corrected chi connectivity index (χ1v) is 8.13. The lowest BCUT2D eigenvalue weighted by atomic mass is 10.1. The van der Waals surface area contributed by atoms with Gasteiger partial charge in [-0.1, -0.05) is 19.9 Å². The smallest absolute Gasteiger partial charge is 0.128 e. The van der Waals surface area contributed by atoms with Crippen LogP contribution in [0.3, 0.4) is 0 Å². The number of nitrogens with one attached hydrogen (secondary N) is 1. The Morgan fingerprint density at radius 2 is 2.24 bits per heavy atom. The third-order valence-corrected chi connectivity index (χ3v) is 4.20. The van der Waals surface area contributed by atoms with Crippen LogP contribution in [-0.4, -0.2) is 49.7 Å². The summed E-state index contributed by atoms with van der Waals surface area (Å²) >= 11 is 0. The van der Waals surface area contributed by atoms with E-state index in [2.05, 4.69) is 60.2 Å². The van der Waals surface area contributed by atoms with Gasteiger partial charge in [-0.25, -0.2) is 4.98 Å². The lowest BCUT2D eigenvalue weighted by molar-refractivity contribution is 0.247. The molecule has 118 valence electrons. The zero-order valence-electron chi connectivity index (χ0n) is 14.0. The van der Waals surface area contributed by atoms with Crippen LogP contribution in [0.1, 0.15) is 32.3 Å². The van der Waals surface area contributed by atoms with E-state index >= 15 is 0 Å². The van der Waals surface area contributed by atoms with Gasteiger partial charge in [-0.3, -0.25) is 0 Å². The first kappa shape index (κ1) is 16.2. The summed E-state index contributed by atoms with van der Waals surface area (Å²) in [6.07, 6.45) is 4.55. The van der Waals surface area contributed by atoms with Crippen LogP contribution >= 0.6 is 0 Å². The van der Waals surface area contributed by atoms with Crippen molar-refractivity contribution in [2.75, 3.05) is 38.6 Å². The van der Waals surface area contributed by atoms with Crippen molar-refractivity contribution in [3.63, 3.8) is 0 Å². The molecule has 1 N–H and O–H groups in total. The maximum atomic E-state index is 4.64. The molecule has 4 nitrogen and oxygen atoms in total. The molecule has 1 fully saturated rings. The molecule has 0 bridgehead atoms. The van der Waals surface area contributed by atoms with Crippen molar-refractivity contribution in [3.05, 3.63) is 23.9 Å². The Hall–Kier alpha value is -1.13. The molecule has 2 heterocycles. The molecule has 0 aliphatic carbocycles. The Morgan fingerprint density at radius 3 is 2.86 bits per heavy atom. The fraction of sp³-hybridized carbons (Fsp3) is 0.706. The number of rotatable bonds is 6. The fourth-order valence-corrected chi connectivity index (χ4v) is 2.88. The summed E-state index contributed by atoms with van der Waals surface area (Å²) in [5.74, 6) is 1.77. The molecule has 4 heteroatoms. The van der Waals surface area contributed by atoms with Crippen LogP contribution in [0.4, 0.5) is 5.82 Å². The van der Waals surface area contributed by atoms with E-state index in [1.54, 1.807) is 0 Å². The highest BCUT2D eigenvalue weighted by atomic mass is 15.2. The molecule has 1 aliphatic rings. The average molecular weight is 290 g/mol. The topological polar surface area (TPSA) is 31.4 Å². The lowest BCUT2D eigenvalue weighted by Crippen LogP contribution is -2.45. The van der Waals surface area contributed by atoms with Gasteiger partial charge < -0.3 is 15.1 Å². The lowest BCUT2D eigenvalue weighted by Gasteiger charge is -2.36. The Kier molecular flexibility index (Phi) is 6.00. The van der Waals surface area contributed by atoms with Crippen molar-refractivity contribution in [2.24, 2.45) is 5.92 Å². The van der Waals surface area contributed by atoms with E-state index in [0.29, 0.717) is 12.0 Å². The zero-order valence-corrected chi connectivity index (χ0v) is 14.0. The summed E-state index contributed by atoms with van der Waals surface area (Å²) in [5, 5.41) is 3.46. The van der Waals surface area contributed by atoms with Crippen LogP contribution in [-0.2, 0) is 6.54 Å². The monoisotopic (exact) mass is 290 g/mol. The zero-order chi connectivity index (χ0) is 15.2. The highest BCUT2D eigenvalue weighted by Gasteiger charge is 2.21. The van der Waals surface area contributed by atoms with Crippen molar-refractivity contribution in [3.8, 4) is 0 Å². The van der Waals surface area contributed by atoms with Crippen molar-refractivity contribution in [1.82, 2.24) is 15.2 Å². The number of hydrogen-bond acceptors (Lipinski definition) is 4. The van der Waals surface area contributed by atoms with Gasteiger partial charge in [0.15, 0.2) is 0 Å². The molecule has 1 saturated heterocycles. The van der Waals surface area contributed by atoms with E-state index in [0.717, 1.165) is 25.5 Å². The summed E-state index contributed by atoms with van der Waals surface area (Å²) in [6, 6.07) is 4.93. The highest BCUT2D eigenvalue weighted by molar-refractivity contribution is 5.39. The summed E-state index contributed by atoms with van der Waals surface area (Å²) < 4.78 is 0. The summed E-state index contributed by atoms with van der Waals surface area (Å²) in [7, 11) is 4.37. The highest BCUT2D eigenvalue weighted by Crippen LogP contribution is 2.19. The normalized spacial score (nSPS) is 20.0. The van der Waals surface area contributed by atoms with E-state index < -0.39 is 0 Å². The Bertz CT molecular complexity index is 415. The van der Waals surface area contributed by atoms with Crippen molar-refractivity contribution in [1.29, 1.82) is 0 Å². The van der Waals surface area contributed by atoms with Crippen LogP contribution < -0.4 is 10.2 Å². The van der Waals surface area contributed by atoms with E-state index in [1.165, 1.54) is 24.9 Å². The second-order valence-electron chi connectivity index (χ2n) is 6.72. The summed E-state index contributed by atoms with van der Waals surface area (Å²) in [5.41, 5.74) is 1.26. The number of piperidine rings is 1. The van der Waals surface area contributed by atoms with E-state index in [4.69, 9.17) is 0 Å². The molecule has 1 unspecified atom stereocenters. The number of hydrogen-bond donors (Lipinski definition) is 1.